The summed E-state index contributed by atoms with van der Waals surface area (Å²) in [7, 11) is 1.61. The van der Waals surface area contributed by atoms with Crippen molar-refractivity contribution < 1.29 is 18.7 Å². The van der Waals surface area contributed by atoms with Crippen LogP contribution in [0.25, 0.3) is 17.0 Å². The van der Waals surface area contributed by atoms with E-state index in [2.05, 4.69) is 20.6 Å². The molecule has 152 valence electrons. The van der Waals surface area contributed by atoms with Crippen molar-refractivity contribution >= 4 is 11.6 Å². The monoisotopic (exact) mass is 407 g/mol. The van der Waals surface area contributed by atoms with Crippen molar-refractivity contribution in [3.8, 4) is 23.0 Å². The molecule has 30 heavy (non-hydrogen) atoms. The fraction of sp³-hybridized carbons (Fsp3) is 0.143. The standard InChI is InChI=1S/C21H18FN5O3/c1-29-17-8-4-14(5-9-17)20-25-24-18-10-11-19(26-27(18)20)30-13-12-23-21(28)15-2-6-16(22)7-3-15/h2-11H,12-13H2,1H3,(H,23,28). The van der Waals surface area contributed by atoms with Gasteiger partial charge in [0.25, 0.3) is 5.91 Å². The molecular weight excluding hydrogens is 389 g/mol. The Labute approximate surface area is 171 Å². The third kappa shape index (κ3) is 4.19. The van der Waals surface area contributed by atoms with Crippen LogP contribution in [0.4, 0.5) is 4.39 Å². The Morgan fingerprint density at radius 3 is 2.53 bits per heavy atom. The third-order valence-electron chi connectivity index (χ3n) is 4.33. The van der Waals surface area contributed by atoms with E-state index in [0.717, 1.165) is 11.3 Å². The minimum Gasteiger partial charge on any atom is -0.497 e. The summed E-state index contributed by atoms with van der Waals surface area (Å²) in [5.41, 5.74) is 1.79. The highest BCUT2D eigenvalue weighted by Crippen LogP contribution is 2.21. The van der Waals surface area contributed by atoms with Gasteiger partial charge >= 0.3 is 0 Å². The summed E-state index contributed by atoms with van der Waals surface area (Å²) < 4.78 is 25.3. The van der Waals surface area contributed by atoms with Gasteiger partial charge in [-0.25, -0.2) is 4.39 Å². The number of halogens is 1. The number of aromatic nitrogens is 4. The Kier molecular flexibility index (Phi) is 5.51. The maximum Gasteiger partial charge on any atom is 0.251 e. The highest BCUT2D eigenvalue weighted by molar-refractivity contribution is 5.94. The number of carbonyl (C=O) groups excluding carboxylic acids is 1. The molecule has 0 aliphatic carbocycles. The minimum absolute atomic E-state index is 0.214. The molecule has 8 nitrogen and oxygen atoms in total. The highest BCUT2D eigenvalue weighted by Gasteiger charge is 2.11. The molecule has 0 unspecified atom stereocenters. The van der Waals surface area contributed by atoms with E-state index in [1.807, 2.05) is 24.3 Å². The van der Waals surface area contributed by atoms with Crippen LogP contribution in [0.2, 0.25) is 0 Å². The van der Waals surface area contributed by atoms with Gasteiger partial charge in [-0.15, -0.1) is 15.3 Å². The normalized spacial score (nSPS) is 10.7. The van der Waals surface area contributed by atoms with Gasteiger partial charge < -0.3 is 14.8 Å². The molecule has 0 fully saturated rings. The van der Waals surface area contributed by atoms with Crippen LogP contribution in [-0.4, -0.2) is 46.0 Å². The zero-order valence-corrected chi connectivity index (χ0v) is 16.1. The van der Waals surface area contributed by atoms with Gasteiger partial charge in [0, 0.05) is 17.2 Å². The molecule has 0 aliphatic rings. The molecule has 9 heteroatoms. The number of nitrogens with one attached hydrogen (secondary N) is 1. The number of nitrogens with zero attached hydrogens (tertiary/aromatic N) is 4. The summed E-state index contributed by atoms with van der Waals surface area (Å²) in [6, 6.07) is 16.2. The van der Waals surface area contributed by atoms with Crippen molar-refractivity contribution in [3.05, 3.63) is 72.0 Å². The molecule has 2 aromatic heterocycles. The molecule has 0 radical (unpaired) electrons. The van der Waals surface area contributed by atoms with Crippen LogP contribution in [0.3, 0.4) is 0 Å². The predicted octanol–water partition coefficient (Wildman–Crippen LogP) is 2.75. The smallest absolute Gasteiger partial charge is 0.251 e. The van der Waals surface area contributed by atoms with Crippen LogP contribution in [0, 0.1) is 5.82 Å². The molecule has 0 saturated carbocycles. The van der Waals surface area contributed by atoms with Gasteiger partial charge in [0.15, 0.2) is 11.5 Å². The number of carbonyl (C=O) groups is 1. The van der Waals surface area contributed by atoms with E-state index in [0.29, 0.717) is 22.9 Å². The number of hydrogen-bond donors (Lipinski definition) is 1. The van der Waals surface area contributed by atoms with Crippen molar-refractivity contribution in [2.75, 3.05) is 20.3 Å². The average molecular weight is 407 g/mol. The second-order valence-electron chi connectivity index (χ2n) is 6.30. The summed E-state index contributed by atoms with van der Waals surface area (Å²) >= 11 is 0. The first kappa shape index (κ1) is 19.3. The fourth-order valence-electron chi connectivity index (χ4n) is 2.79. The number of ether oxygens (including phenoxy) is 2. The number of hydrogen-bond acceptors (Lipinski definition) is 6. The molecule has 0 spiro atoms. The molecule has 2 heterocycles. The third-order valence-corrected chi connectivity index (χ3v) is 4.33. The molecule has 4 aromatic rings. The van der Waals surface area contributed by atoms with Crippen LogP contribution in [0.1, 0.15) is 10.4 Å². The van der Waals surface area contributed by atoms with E-state index in [1.165, 1.54) is 24.3 Å². The molecule has 1 N–H and O–H groups in total. The lowest BCUT2D eigenvalue weighted by Crippen LogP contribution is -2.28. The van der Waals surface area contributed by atoms with Gasteiger partial charge in [-0.3, -0.25) is 4.79 Å². The van der Waals surface area contributed by atoms with E-state index in [4.69, 9.17) is 9.47 Å². The molecule has 0 saturated heterocycles. The first-order chi connectivity index (χ1) is 14.6. The summed E-state index contributed by atoms with van der Waals surface area (Å²) in [5.74, 6) is 0.991. The Balaban J connectivity index is 1.39. The van der Waals surface area contributed by atoms with E-state index in [-0.39, 0.29) is 24.9 Å². The molecule has 2 aromatic carbocycles. The molecule has 0 bridgehead atoms. The van der Waals surface area contributed by atoms with Crippen molar-refractivity contribution in [1.29, 1.82) is 0 Å². The maximum absolute atomic E-state index is 12.9. The number of rotatable bonds is 7. The number of benzene rings is 2. The second kappa shape index (κ2) is 8.56. The van der Waals surface area contributed by atoms with E-state index < -0.39 is 0 Å². The van der Waals surface area contributed by atoms with Gasteiger partial charge in [-0.1, -0.05) is 0 Å². The molecular formula is C21H18FN5O3. The quantitative estimate of drug-likeness (QED) is 0.474. The van der Waals surface area contributed by atoms with Crippen molar-refractivity contribution in [3.63, 3.8) is 0 Å². The number of methoxy groups -OCH3 is 1. The lowest BCUT2D eigenvalue weighted by molar-refractivity contribution is 0.0946. The largest absolute Gasteiger partial charge is 0.497 e. The van der Waals surface area contributed by atoms with E-state index in [9.17, 15) is 9.18 Å². The average Bonchev–Trinajstić information content (AvgIpc) is 3.20. The van der Waals surface area contributed by atoms with Gasteiger partial charge in [0.1, 0.15) is 18.2 Å². The zero-order chi connectivity index (χ0) is 20.9. The summed E-state index contributed by atoms with van der Waals surface area (Å²) in [6.07, 6.45) is 0. The van der Waals surface area contributed by atoms with Crippen LogP contribution in [-0.2, 0) is 0 Å². The Bertz CT molecular complexity index is 1160. The van der Waals surface area contributed by atoms with Crippen LogP contribution in [0.5, 0.6) is 11.6 Å². The first-order valence-electron chi connectivity index (χ1n) is 9.17. The van der Waals surface area contributed by atoms with Crippen LogP contribution >= 0.6 is 0 Å². The van der Waals surface area contributed by atoms with Crippen LogP contribution in [0.15, 0.2) is 60.7 Å². The van der Waals surface area contributed by atoms with Crippen molar-refractivity contribution in [1.82, 2.24) is 25.1 Å². The van der Waals surface area contributed by atoms with Gasteiger partial charge in [-0.05, 0) is 54.6 Å². The maximum atomic E-state index is 12.9. The van der Waals surface area contributed by atoms with Gasteiger partial charge in [0.05, 0.1) is 13.7 Å². The Hall–Kier alpha value is -4.01. The molecule has 0 atom stereocenters. The highest BCUT2D eigenvalue weighted by atomic mass is 19.1. The Morgan fingerprint density at radius 1 is 1.03 bits per heavy atom. The van der Waals surface area contributed by atoms with E-state index >= 15 is 0 Å². The number of amides is 1. The topological polar surface area (TPSA) is 90.6 Å². The van der Waals surface area contributed by atoms with Crippen molar-refractivity contribution in [2.24, 2.45) is 0 Å². The minimum atomic E-state index is -0.389. The molecule has 0 aliphatic heterocycles. The lowest BCUT2D eigenvalue weighted by atomic mass is 10.2. The second-order valence-corrected chi connectivity index (χ2v) is 6.30. The molecule has 4 rings (SSSR count). The lowest BCUT2D eigenvalue weighted by Gasteiger charge is -2.08. The summed E-state index contributed by atoms with van der Waals surface area (Å²) in [5, 5.41) is 15.4. The summed E-state index contributed by atoms with van der Waals surface area (Å²) in [6.45, 7) is 0.481. The zero-order valence-electron chi connectivity index (χ0n) is 16.1. The predicted molar refractivity (Wildman–Crippen MR) is 107 cm³/mol. The molecule has 1 amide bonds. The van der Waals surface area contributed by atoms with Crippen molar-refractivity contribution in [2.45, 2.75) is 0 Å². The van der Waals surface area contributed by atoms with Gasteiger partial charge in [-0.2, -0.15) is 4.52 Å². The summed E-state index contributed by atoms with van der Waals surface area (Å²) in [4.78, 5) is 12.0. The van der Waals surface area contributed by atoms with E-state index in [1.54, 1.807) is 23.8 Å². The van der Waals surface area contributed by atoms with Crippen LogP contribution < -0.4 is 14.8 Å². The first-order valence-corrected chi connectivity index (χ1v) is 9.17. The SMILES string of the molecule is COc1ccc(-c2nnc3ccc(OCCNC(=O)c4ccc(F)cc4)nn23)cc1. The Morgan fingerprint density at radius 2 is 1.80 bits per heavy atom. The fourth-order valence-corrected chi connectivity index (χ4v) is 2.79. The number of fused-ring (bicyclic) bond motifs is 1. The van der Waals surface area contributed by atoms with Gasteiger partial charge in [0.2, 0.25) is 5.88 Å².